The van der Waals surface area contributed by atoms with Gasteiger partial charge in [0.15, 0.2) is 11.5 Å². The molecule has 2 fully saturated rings. The Morgan fingerprint density at radius 3 is 2.67 bits per heavy atom. The zero-order valence-electron chi connectivity index (χ0n) is 18.9. The molecule has 0 aliphatic carbocycles. The van der Waals surface area contributed by atoms with E-state index in [0.717, 1.165) is 69.9 Å². The summed E-state index contributed by atoms with van der Waals surface area (Å²) in [6, 6.07) is 11.3. The lowest BCUT2D eigenvalue weighted by molar-refractivity contribution is 0.0937. The number of carbonyl (C=O) groups is 1. The second-order valence-corrected chi connectivity index (χ2v) is 9.51. The number of piperidine rings is 1. The molecular weight excluding hydrogens is 461 g/mol. The van der Waals surface area contributed by atoms with Gasteiger partial charge in [0.2, 0.25) is 0 Å². The fourth-order valence-corrected chi connectivity index (χ4v) is 4.71. The number of methoxy groups -OCH3 is 1. The van der Waals surface area contributed by atoms with Gasteiger partial charge < -0.3 is 25.0 Å². The summed E-state index contributed by atoms with van der Waals surface area (Å²) in [6.07, 6.45) is 4.10. The van der Waals surface area contributed by atoms with E-state index in [1.165, 1.54) is 5.56 Å². The van der Waals surface area contributed by atoms with Crippen molar-refractivity contribution in [3.63, 3.8) is 0 Å². The van der Waals surface area contributed by atoms with E-state index in [1.54, 1.807) is 25.3 Å². The number of hydrogen-bond donors (Lipinski definition) is 2. The van der Waals surface area contributed by atoms with Gasteiger partial charge in [0, 0.05) is 31.2 Å². The molecule has 2 aromatic rings. The molecule has 178 valence electrons. The molecule has 1 amide bonds. The highest BCUT2D eigenvalue weighted by Crippen LogP contribution is 2.30. The molecule has 1 unspecified atom stereocenters. The summed E-state index contributed by atoms with van der Waals surface area (Å²) in [5.41, 5.74) is 1.75. The molecule has 2 aliphatic rings. The smallest absolute Gasteiger partial charge is 0.251 e. The molecule has 8 heteroatoms. The number of likely N-dealkylation sites (tertiary alicyclic amines) is 1. The molecular formula is C25H31Cl2N3O3. The number of carbonyl (C=O) groups excluding carboxylic acids is 1. The maximum absolute atomic E-state index is 12.6. The summed E-state index contributed by atoms with van der Waals surface area (Å²) >= 11 is 12.0. The summed E-state index contributed by atoms with van der Waals surface area (Å²) in [7, 11) is 1.68. The maximum atomic E-state index is 12.6. The predicted octanol–water partition coefficient (Wildman–Crippen LogP) is 4.18. The lowest BCUT2D eigenvalue weighted by atomic mass is 10.1. The first-order valence-electron chi connectivity index (χ1n) is 11.5. The van der Waals surface area contributed by atoms with Crippen LogP contribution in [0.4, 0.5) is 0 Å². The molecule has 33 heavy (non-hydrogen) atoms. The Kier molecular flexibility index (Phi) is 8.36. The van der Waals surface area contributed by atoms with Gasteiger partial charge in [0.05, 0.1) is 17.2 Å². The molecule has 4 rings (SSSR count). The minimum Gasteiger partial charge on any atom is -0.493 e. The number of ether oxygens (including phenoxy) is 2. The summed E-state index contributed by atoms with van der Waals surface area (Å²) in [4.78, 5) is 14.9. The lowest BCUT2D eigenvalue weighted by Gasteiger charge is -2.25. The first-order chi connectivity index (χ1) is 16.0. The Morgan fingerprint density at radius 2 is 1.91 bits per heavy atom. The first kappa shape index (κ1) is 24.1. The minimum absolute atomic E-state index is 0.115. The Bertz CT molecular complexity index is 966. The standard InChI is InChI=1S/C25H31Cl2N3O3/c1-32-23-5-2-17(14-24(23)33-20-6-10-28-11-7-20)8-12-30-13-9-19(16-30)29-25(31)18-3-4-21(26)22(27)15-18/h2-5,14-15,19-20,28H,6-13,16H2,1H3,(H,29,31). The molecule has 6 nitrogen and oxygen atoms in total. The van der Waals surface area contributed by atoms with Crippen LogP contribution in [0.25, 0.3) is 0 Å². The van der Waals surface area contributed by atoms with Crippen LogP contribution in [0.1, 0.15) is 35.2 Å². The number of halogens is 2. The van der Waals surface area contributed by atoms with Crippen LogP contribution in [0.2, 0.25) is 10.0 Å². The third kappa shape index (κ3) is 6.54. The van der Waals surface area contributed by atoms with Crippen LogP contribution in [0, 0.1) is 0 Å². The van der Waals surface area contributed by atoms with Gasteiger partial charge in [0.25, 0.3) is 5.91 Å². The highest BCUT2D eigenvalue weighted by atomic mass is 35.5. The number of hydrogen-bond acceptors (Lipinski definition) is 5. The minimum atomic E-state index is -0.115. The summed E-state index contributed by atoms with van der Waals surface area (Å²) in [5, 5.41) is 7.32. The second kappa shape index (κ2) is 11.4. The summed E-state index contributed by atoms with van der Waals surface area (Å²) in [6.45, 7) is 4.70. The van der Waals surface area contributed by atoms with Crippen LogP contribution < -0.4 is 20.1 Å². The van der Waals surface area contributed by atoms with E-state index in [0.29, 0.717) is 15.6 Å². The van der Waals surface area contributed by atoms with E-state index < -0.39 is 0 Å². The fourth-order valence-electron chi connectivity index (χ4n) is 4.41. The predicted molar refractivity (Wildman–Crippen MR) is 132 cm³/mol. The van der Waals surface area contributed by atoms with Gasteiger partial charge in [-0.2, -0.15) is 0 Å². The maximum Gasteiger partial charge on any atom is 0.251 e. The number of nitrogens with zero attached hydrogens (tertiary/aromatic N) is 1. The molecule has 0 radical (unpaired) electrons. The van der Waals surface area contributed by atoms with Gasteiger partial charge in [-0.25, -0.2) is 0 Å². The van der Waals surface area contributed by atoms with E-state index in [4.69, 9.17) is 32.7 Å². The average Bonchev–Trinajstić information content (AvgIpc) is 3.27. The zero-order chi connectivity index (χ0) is 23.2. The Labute approximate surface area is 205 Å². The van der Waals surface area contributed by atoms with Crippen molar-refractivity contribution in [2.24, 2.45) is 0 Å². The van der Waals surface area contributed by atoms with Gasteiger partial charge in [-0.3, -0.25) is 4.79 Å². The van der Waals surface area contributed by atoms with Gasteiger partial charge in [0.1, 0.15) is 6.10 Å². The van der Waals surface area contributed by atoms with Crippen LogP contribution in [0.5, 0.6) is 11.5 Å². The molecule has 0 spiro atoms. The highest BCUT2D eigenvalue weighted by molar-refractivity contribution is 6.42. The van der Waals surface area contributed by atoms with Crippen molar-refractivity contribution in [2.75, 3.05) is 39.8 Å². The van der Waals surface area contributed by atoms with Crippen molar-refractivity contribution in [3.05, 3.63) is 57.6 Å². The normalized spacial score (nSPS) is 19.4. The van der Waals surface area contributed by atoms with E-state index in [9.17, 15) is 4.79 Å². The molecule has 2 saturated heterocycles. The fraction of sp³-hybridized carbons (Fsp3) is 0.480. The Hall–Kier alpha value is -1.99. The molecule has 2 aromatic carbocycles. The van der Waals surface area contributed by atoms with E-state index in [2.05, 4.69) is 27.7 Å². The second-order valence-electron chi connectivity index (χ2n) is 8.69. The Balaban J connectivity index is 1.28. The summed E-state index contributed by atoms with van der Waals surface area (Å²) < 4.78 is 11.8. The molecule has 2 aliphatic heterocycles. The Morgan fingerprint density at radius 1 is 1.09 bits per heavy atom. The number of benzene rings is 2. The quantitative estimate of drug-likeness (QED) is 0.579. The molecule has 0 aromatic heterocycles. The van der Waals surface area contributed by atoms with Crippen LogP contribution >= 0.6 is 23.2 Å². The van der Waals surface area contributed by atoms with Crippen molar-refractivity contribution in [3.8, 4) is 11.5 Å². The molecule has 2 heterocycles. The largest absolute Gasteiger partial charge is 0.493 e. The van der Waals surface area contributed by atoms with Crippen molar-refractivity contribution in [1.82, 2.24) is 15.5 Å². The van der Waals surface area contributed by atoms with Gasteiger partial charge in [-0.1, -0.05) is 29.3 Å². The van der Waals surface area contributed by atoms with Gasteiger partial charge in [-0.15, -0.1) is 0 Å². The third-order valence-electron chi connectivity index (χ3n) is 6.31. The monoisotopic (exact) mass is 491 g/mol. The number of amides is 1. The van der Waals surface area contributed by atoms with Crippen LogP contribution in [0.15, 0.2) is 36.4 Å². The summed E-state index contributed by atoms with van der Waals surface area (Å²) in [5.74, 6) is 1.49. The van der Waals surface area contributed by atoms with Crippen LogP contribution in [-0.2, 0) is 6.42 Å². The number of nitrogens with one attached hydrogen (secondary N) is 2. The molecule has 0 bridgehead atoms. The van der Waals surface area contributed by atoms with E-state index in [1.807, 2.05) is 6.07 Å². The van der Waals surface area contributed by atoms with Crippen molar-refractivity contribution in [1.29, 1.82) is 0 Å². The SMILES string of the molecule is COc1ccc(CCN2CCC(NC(=O)c3ccc(Cl)c(Cl)c3)C2)cc1OC1CCNCC1. The van der Waals surface area contributed by atoms with Crippen molar-refractivity contribution < 1.29 is 14.3 Å². The van der Waals surface area contributed by atoms with Crippen LogP contribution in [-0.4, -0.2) is 62.8 Å². The van der Waals surface area contributed by atoms with Gasteiger partial charge >= 0.3 is 0 Å². The molecule has 2 N–H and O–H groups in total. The van der Waals surface area contributed by atoms with Gasteiger partial charge in [-0.05, 0) is 74.7 Å². The molecule has 1 atom stereocenters. The van der Waals surface area contributed by atoms with Crippen molar-refractivity contribution in [2.45, 2.75) is 37.8 Å². The van der Waals surface area contributed by atoms with E-state index >= 15 is 0 Å². The third-order valence-corrected chi connectivity index (χ3v) is 7.05. The number of rotatable bonds is 8. The average molecular weight is 492 g/mol. The van der Waals surface area contributed by atoms with Crippen LogP contribution in [0.3, 0.4) is 0 Å². The first-order valence-corrected chi connectivity index (χ1v) is 12.3. The van der Waals surface area contributed by atoms with E-state index in [-0.39, 0.29) is 18.1 Å². The lowest BCUT2D eigenvalue weighted by Crippen LogP contribution is -2.37. The molecule has 0 saturated carbocycles. The highest BCUT2D eigenvalue weighted by Gasteiger charge is 2.24. The zero-order valence-corrected chi connectivity index (χ0v) is 20.4. The topological polar surface area (TPSA) is 62.8 Å². The van der Waals surface area contributed by atoms with Crippen molar-refractivity contribution >= 4 is 29.1 Å².